The van der Waals surface area contributed by atoms with Crippen molar-refractivity contribution in [1.82, 2.24) is 25.2 Å². The van der Waals surface area contributed by atoms with Crippen LogP contribution in [0, 0.1) is 17.8 Å². The zero-order valence-electron chi connectivity index (χ0n) is 19.7. The highest BCUT2D eigenvalue weighted by Gasteiger charge is 2.40. The summed E-state index contributed by atoms with van der Waals surface area (Å²) >= 11 is 0. The molecule has 0 bridgehead atoms. The van der Waals surface area contributed by atoms with Crippen molar-refractivity contribution in [3.8, 4) is 5.75 Å². The van der Waals surface area contributed by atoms with Crippen molar-refractivity contribution < 1.29 is 27.5 Å². The first kappa shape index (κ1) is 24.3. The molecule has 3 aliphatic rings. The monoisotopic (exact) mass is 503 g/mol. The highest BCUT2D eigenvalue weighted by molar-refractivity contribution is 5.91. The molecule has 2 amide bonds. The molecule has 11 heteroatoms. The van der Waals surface area contributed by atoms with Crippen molar-refractivity contribution in [2.45, 2.75) is 38.5 Å². The minimum Gasteiger partial charge on any atom is -0.406 e. The molecular formula is C25H28F3N5O3. The van der Waals surface area contributed by atoms with Gasteiger partial charge in [-0.05, 0) is 61.3 Å². The minimum atomic E-state index is -4.74. The fraction of sp³-hybridized carbons (Fsp3) is 0.520. The Morgan fingerprint density at radius 1 is 0.972 bits per heavy atom. The van der Waals surface area contributed by atoms with E-state index in [1.807, 2.05) is 9.80 Å². The number of hydrogen-bond acceptors (Lipinski definition) is 5. The molecule has 0 radical (unpaired) electrons. The number of fused-ring (bicyclic) bond motifs is 2. The Morgan fingerprint density at radius 3 is 2.31 bits per heavy atom. The average molecular weight is 504 g/mol. The van der Waals surface area contributed by atoms with Gasteiger partial charge in [0.1, 0.15) is 5.75 Å². The molecule has 1 aliphatic carbocycles. The number of carbonyl (C=O) groups is 2. The van der Waals surface area contributed by atoms with E-state index in [0.29, 0.717) is 36.9 Å². The summed E-state index contributed by atoms with van der Waals surface area (Å²) in [5.41, 5.74) is 2.48. The van der Waals surface area contributed by atoms with Crippen LogP contribution >= 0.6 is 0 Å². The van der Waals surface area contributed by atoms with Crippen LogP contribution in [0.25, 0.3) is 6.08 Å². The SMILES string of the molecule is O=C(C=Cc1ccc(OC(F)(F)F)cc1)N1CC[C@@H]2CN(C(=O)[C@@H]3CCc4n[nH]nc4C3)C[C@@H]2CC1. The number of nitrogens with one attached hydrogen (secondary N) is 1. The van der Waals surface area contributed by atoms with E-state index >= 15 is 0 Å². The van der Waals surface area contributed by atoms with Crippen LogP contribution in [-0.2, 0) is 22.4 Å². The molecule has 3 heterocycles. The van der Waals surface area contributed by atoms with Crippen LogP contribution in [0.15, 0.2) is 30.3 Å². The van der Waals surface area contributed by atoms with Crippen LogP contribution in [0.2, 0.25) is 0 Å². The number of aromatic amines is 1. The number of alkyl halides is 3. The second-order valence-corrected chi connectivity index (χ2v) is 9.77. The Labute approximate surface area is 206 Å². The summed E-state index contributed by atoms with van der Waals surface area (Å²) in [4.78, 5) is 29.7. The average Bonchev–Trinajstić information content (AvgIpc) is 3.44. The molecule has 2 saturated heterocycles. The van der Waals surface area contributed by atoms with E-state index in [9.17, 15) is 22.8 Å². The molecule has 2 fully saturated rings. The van der Waals surface area contributed by atoms with Crippen LogP contribution in [0.5, 0.6) is 5.75 Å². The molecule has 36 heavy (non-hydrogen) atoms. The molecule has 192 valence electrons. The van der Waals surface area contributed by atoms with Gasteiger partial charge < -0.3 is 14.5 Å². The van der Waals surface area contributed by atoms with Crippen LogP contribution in [0.1, 0.15) is 36.2 Å². The number of hydrogen-bond donors (Lipinski definition) is 1. The largest absolute Gasteiger partial charge is 0.573 e. The Kier molecular flexibility index (Phi) is 6.72. The quantitative estimate of drug-likeness (QED) is 0.647. The van der Waals surface area contributed by atoms with Gasteiger partial charge in [0.25, 0.3) is 0 Å². The third-order valence-corrected chi connectivity index (χ3v) is 7.49. The molecule has 2 aromatic rings. The van der Waals surface area contributed by atoms with E-state index in [1.165, 1.54) is 30.3 Å². The molecule has 1 N–H and O–H groups in total. The number of ether oxygens (including phenoxy) is 1. The van der Waals surface area contributed by atoms with E-state index in [0.717, 1.165) is 50.2 Å². The molecule has 0 spiro atoms. The van der Waals surface area contributed by atoms with Crippen molar-refractivity contribution in [2.24, 2.45) is 17.8 Å². The number of carbonyl (C=O) groups excluding carboxylic acids is 2. The van der Waals surface area contributed by atoms with Gasteiger partial charge in [-0.1, -0.05) is 12.1 Å². The lowest BCUT2D eigenvalue weighted by Gasteiger charge is -2.26. The van der Waals surface area contributed by atoms with Crippen molar-refractivity contribution in [3.63, 3.8) is 0 Å². The summed E-state index contributed by atoms with van der Waals surface area (Å²) in [5.74, 6) is 0.501. The van der Waals surface area contributed by atoms with Crippen molar-refractivity contribution in [2.75, 3.05) is 26.2 Å². The van der Waals surface area contributed by atoms with Gasteiger partial charge in [0.05, 0.1) is 11.4 Å². The van der Waals surface area contributed by atoms with Gasteiger partial charge in [-0.3, -0.25) is 9.59 Å². The summed E-state index contributed by atoms with van der Waals surface area (Å²) in [7, 11) is 0. The number of amides is 2. The van der Waals surface area contributed by atoms with Crippen molar-refractivity contribution in [1.29, 1.82) is 0 Å². The van der Waals surface area contributed by atoms with Gasteiger partial charge in [-0.15, -0.1) is 13.2 Å². The summed E-state index contributed by atoms with van der Waals surface area (Å²) in [6.45, 7) is 2.71. The topological polar surface area (TPSA) is 91.4 Å². The smallest absolute Gasteiger partial charge is 0.406 e. The number of nitrogens with zero attached hydrogens (tertiary/aromatic N) is 4. The first-order valence-corrected chi connectivity index (χ1v) is 12.3. The third-order valence-electron chi connectivity index (χ3n) is 7.49. The van der Waals surface area contributed by atoms with Gasteiger partial charge in [0, 0.05) is 44.6 Å². The lowest BCUT2D eigenvalue weighted by Crippen LogP contribution is -2.38. The number of likely N-dealkylation sites (tertiary alicyclic amines) is 2. The summed E-state index contributed by atoms with van der Waals surface area (Å²) < 4.78 is 40.7. The van der Waals surface area contributed by atoms with Crippen molar-refractivity contribution >= 4 is 17.9 Å². The number of halogens is 3. The predicted molar refractivity (Wildman–Crippen MR) is 123 cm³/mol. The lowest BCUT2D eigenvalue weighted by molar-refractivity contribution is -0.274. The lowest BCUT2D eigenvalue weighted by atomic mass is 9.89. The number of rotatable bonds is 4. The van der Waals surface area contributed by atoms with Gasteiger partial charge in [0.2, 0.25) is 11.8 Å². The molecule has 8 nitrogen and oxygen atoms in total. The number of aromatic nitrogens is 3. The van der Waals surface area contributed by atoms with Crippen LogP contribution < -0.4 is 4.74 Å². The molecule has 1 aromatic carbocycles. The maximum Gasteiger partial charge on any atom is 0.573 e. The van der Waals surface area contributed by atoms with E-state index in [2.05, 4.69) is 20.1 Å². The number of aryl methyl sites for hydroxylation is 1. The molecule has 0 saturated carbocycles. The zero-order chi connectivity index (χ0) is 25.3. The second-order valence-electron chi connectivity index (χ2n) is 9.77. The Balaban J connectivity index is 1.11. The molecule has 5 rings (SSSR count). The fourth-order valence-electron chi connectivity index (χ4n) is 5.56. The Morgan fingerprint density at radius 2 is 1.64 bits per heavy atom. The Hall–Kier alpha value is -3.37. The summed E-state index contributed by atoms with van der Waals surface area (Å²) in [5, 5.41) is 11.0. The normalized spacial score (nSPS) is 24.4. The molecule has 0 unspecified atom stereocenters. The summed E-state index contributed by atoms with van der Waals surface area (Å²) in [6.07, 6.45) is 2.22. The van der Waals surface area contributed by atoms with Gasteiger partial charge in [-0.25, -0.2) is 0 Å². The number of H-pyrrole nitrogens is 1. The molecular weight excluding hydrogens is 475 g/mol. The Bertz CT molecular complexity index is 1110. The maximum absolute atomic E-state index is 13.2. The second kappa shape index (κ2) is 9.94. The highest BCUT2D eigenvalue weighted by Crippen LogP contribution is 2.34. The third kappa shape index (κ3) is 5.55. The van der Waals surface area contributed by atoms with Crippen LogP contribution in [0.4, 0.5) is 13.2 Å². The van der Waals surface area contributed by atoms with E-state index in [4.69, 9.17) is 0 Å². The summed E-state index contributed by atoms with van der Waals surface area (Å²) in [6, 6.07) is 5.38. The fourth-order valence-corrected chi connectivity index (χ4v) is 5.56. The van der Waals surface area contributed by atoms with Gasteiger partial charge >= 0.3 is 6.36 Å². The first-order chi connectivity index (χ1) is 17.2. The zero-order valence-corrected chi connectivity index (χ0v) is 19.7. The van der Waals surface area contributed by atoms with Gasteiger partial charge in [0.15, 0.2) is 0 Å². The van der Waals surface area contributed by atoms with Crippen LogP contribution in [0.3, 0.4) is 0 Å². The predicted octanol–water partition coefficient (Wildman–Crippen LogP) is 3.22. The highest BCUT2D eigenvalue weighted by atomic mass is 19.4. The van der Waals surface area contributed by atoms with Crippen LogP contribution in [-0.4, -0.2) is 69.6 Å². The number of benzene rings is 1. The maximum atomic E-state index is 13.2. The molecule has 2 aliphatic heterocycles. The molecule has 1 aromatic heterocycles. The van der Waals surface area contributed by atoms with E-state index in [-0.39, 0.29) is 23.5 Å². The first-order valence-electron chi connectivity index (χ1n) is 12.3. The van der Waals surface area contributed by atoms with Crippen molar-refractivity contribution in [3.05, 3.63) is 47.3 Å². The van der Waals surface area contributed by atoms with Gasteiger partial charge in [-0.2, -0.15) is 15.4 Å². The van der Waals surface area contributed by atoms with E-state index in [1.54, 1.807) is 6.08 Å². The molecule has 3 atom stereocenters. The minimum absolute atomic E-state index is 0.0396. The van der Waals surface area contributed by atoms with E-state index < -0.39 is 6.36 Å². The standard InChI is InChI=1S/C25H28F3N5O3/c26-25(27,28)36-20-5-1-16(2-6-20)3-8-23(34)32-11-9-18-14-33(15-19(18)10-12-32)24(35)17-4-7-21-22(13-17)30-31-29-21/h1-3,5-6,8,17-19H,4,7,9-15H2,(H,29,30,31)/t17-,18-,19+/m1/s1.